The van der Waals surface area contributed by atoms with E-state index in [1.165, 1.54) is 37.3 Å². The Bertz CT molecular complexity index is 397. The van der Waals surface area contributed by atoms with Gasteiger partial charge in [0.2, 0.25) is 0 Å². The van der Waals surface area contributed by atoms with Gasteiger partial charge < -0.3 is 15.1 Å². The van der Waals surface area contributed by atoms with Crippen LogP contribution in [0.2, 0.25) is 0 Å². The third-order valence-corrected chi connectivity index (χ3v) is 4.64. The molecule has 1 aromatic rings. The van der Waals surface area contributed by atoms with Crippen molar-refractivity contribution in [2.24, 2.45) is 5.92 Å². The highest BCUT2D eigenvalue weighted by Gasteiger charge is 2.20. The predicted octanol–water partition coefficient (Wildman–Crippen LogP) is 2.96. The Morgan fingerprint density at radius 3 is 2.43 bits per heavy atom. The molecule has 0 saturated carbocycles. The molecule has 1 fully saturated rings. The minimum absolute atomic E-state index is 0.833. The molecule has 0 bridgehead atoms. The van der Waals surface area contributed by atoms with Crippen molar-refractivity contribution in [3.63, 3.8) is 0 Å². The lowest BCUT2D eigenvalue weighted by atomic mass is 10.1. The fraction of sp³-hybridized carbons (Fsp3) is 0.667. The van der Waals surface area contributed by atoms with Crippen molar-refractivity contribution in [1.82, 2.24) is 10.2 Å². The Hall–Kier alpha value is -1.06. The second-order valence-corrected chi connectivity index (χ2v) is 6.02. The van der Waals surface area contributed by atoms with E-state index in [2.05, 4.69) is 60.2 Å². The summed E-state index contributed by atoms with van der Waals surface area (Å²) in [5.74, 6) is 0.833. The predicted molar refractivity (Wildman–Crippen MR) is 91.9 cm³/mol. The molecule has 0 spiro atoms. The monoisotopic (exact) mass is 289 g/mol. The van der Waals surface area contributed by atoms with Gasteiger partial charge in [0.05, 0.1) is 0 Å². The van der Waals surface area contributed by atoms with Crippen molar-refractivity contribution >= 4 is 5.69 Å². The molecule has 0 radical (unpaired) electrons. The number of hydrogen-bond donors (Lipinski definition) is 1. The molecule has 2 rings (SSSR count). The van der Waals surface area contributed by atoms with E-state index in [1.807, 2.05) is 0 Å². The number of likely N-dealkylation sites (tertiary alicyclic amines) is 1. The zero-order chi connectivity index (χ0) is 15.1. The summed E-state index contributed by atoms with van der Waals surface area (Å²) >= 11 is 0. The Balaban J connectivity index is 1.74. The number of anilines is 1. The summed E-state index contributed by atoms with van der Waals surface area (Å²) in [5, 5.41) is 3.62. The maximum atomic E-state index is 3.62. The van der Waals surface area contributed by atoms with Gasteiger partial charge in [-0.2, -0.15) is 0 Å². The second kappa shape index (κ2) is 8.40. The minimum Gasteiger partial charge on any atom is -0.372 e. The molecule has 1 N–H and O–H groups in total. The molecule has 1 aromatic carbocycles. The zero-order valence-electron chi connectivity index (χ0n) is 13.9. The van der Waals surface area contributed by atoms with E-state index >= 15 is 0 Å². The smallest absolute Gasteiger partial charge is 0.0366 e. The third-order valence-electron chi connectivity index (χ3n) is 4.64. The fourth-order valence-electron chi connectivity index (χ4n) is 3.20. The van der Waals surface area contributed by atoms with E-state index in [1.54, 1.807) is 0 Å². The Labute approximate surface area is 130 Å². The Morgan fingerprint density at radius 1 is 1.14 bits per heavy atom. The first-order valence-electron chi connectivity index (χ1n) is 8.53. The highest BCUT2D eigenvalue weighted by Crippen LogP contribution is 2.16. The van der Waals surface area contributed by atoms with Gasteiger partial charge in [0, 0.05) is 31.9 Å². The molecule has 3 heteroatoms. The standard InChI is InChI=1S/C18H31N3/c1-4-20-12-11-17(15-20)14-19-13-16-7-9-18(10-8-16)21(5-2)6-3/h7-10,17,19H,4-6,11-15H2,1-3H3. The van der Waals surface area contributed by atoms with Crippen molar-refractivity contribution in [2.75, 3.05) is 44.2 Å². The lowest BCUT2D eigenvalue weighted by Crippen LogP contribution is -2.26. The van der Waals surface area contributed by atoms with Crippen LogP contribution in [-0.2, 0) is 6.54 Å². The molecule has 1 heterocycles. The number of nitrogens with one attached hydrogen (secondary N) is 1. The average Bonchev–Trinajstić information content (AvgIpc) is 2.98. The molecular weight excluding hydrogens is 258 g/mol. The highest BCUT2D eigenvalue weighted by molar-refractivity contribution is 5.47. The molecule has 3 nitrogen and oxygen atoms in total. The zero-order valence-corrected chi connectivity index (χ0v) is 13.9. The quantitative estimate of drug-likeness (QED) is 0.794. The number of rotatable bonds is 8. The molecule has 1 aliphatic heterocycles. The molecule has 0 amide bonds. The SMILES string of the molecule is CCN1CCC(CNCc2ccc(N(CC)CC)cc2)C1. The number of benzene rings is 1. The van der Waals surface area contributed by atoms with Crippen LogP contribution in [0.25, 0.3) is 0 Å². The van der Waals surface area contributed by atoms with E-state index in [9.17, 15) is 0 Å². The van der Waals surface area contributed by atoms with Crippen LogP contribution in [0.5, 0.6) is 0 Å². The summed E-state index contributed by atoms with van der Waals surface area (Å²) < 4.78 is 0. The molecular formula is C18H31N3. The van der Waals surface area contributed by atoms with Crippen LogP contribution < -0.4 is 10.2 Å². The normalized spacial score (nSPS) is 19.1. The van der Waals surface area contributed by atoms with Crippen molar-refractivity contribution in [2.45, 2.75) is 33.7 Å². The van der Waals surface area contributed by atoms with Gasteiger partial charge in [-0.05, 0) is 63.5 Å². The van der Waals surface area contributed by atoms with Crippen molar-refractivity contribution in [1.29, 1.82) is 0 Å². The lowest BCUT2D eigenvalue weighted by molar-refractivity contribution is 0.339. The fourth-order valence-corrected chi connectivity index (χ4v) is 3.20. The van der Waals surface area contributed by atoms with Crippen LogP contribution in [0.1, 0.15) is 32.8 Å². The first kappa shape index (κ1) is 16.3. The largest absolute Gasteiger partial charge is 0.372 e. The number of nitrogens with zero attached hydrogens (tertiary/aromatic N) is 2. The summed E-state index contributed by atoms with van der Waals surface area (Å²) in [7, 11) is 0. The van der Waals surface area contributed by atoms with Crippen LogP contribution >= 0.6 is 0 Å². The average molecular weight is 289 g/mol. The van der Waals surface area contributed by atoms with Gasteiger partial charge in [-0.25, -0.2) is 0 Å². The van der Waals surface area contributed by atoms with Gasteiger partial charge in [0.15, 0.2) is 0 Å². The van der Waals surface area contributed by atoms with Gasteiger partial charge in [-0.3, -0.25) is 0 Å². The molecule has 21 heavy (non-hydrogen) atoms. The lowest BCUT2D eigenvalue weighted by Gasteiger charge is -2.21. The van der Waals surface area contributed by atoms with Gasteiger partial charge in [0.1, 0.15) is 0 Å². The van der Waals surface area contributed by atoms with E-state index in [4.69, 9.17) is 0 Å². The first-order valence-corrected chi connectivity index (χ1v) is 8.53. The summed E-state index contributed by atoms with van der Waals surface area (Å²) in [5.41, 5.74) is 2.72. The summed E-state index contributed by atoms with van der Waals surface area (Å²) in [4.78, 5) is 4.93. The second-order valence-electron chi connectivity index (χ2n) is 6.02. The van der Waals surface area contributed by atoms with Crippen LogP contribution in [-0.4, -0.2) is 44.2 Å². The highest BCUT2D eigenvalue weighted by atomic mass is 15.1. The van der Waals surface area contributed by atoms with Gasteiger partial charge in [-0.15, -0.1) is 0 Å². The van der Waals surface area contributed by atoms with E-state index in [0.29, 0.717) is 0 Å². The van der Waals surface area contributed by atoms with Crippen molar-refractivity contribution in [3.05, 3.63) is 29.8 Å². The Morgan fingerprint density at radius 2 is 1.86 bits per heavy atom. The minimum atomic E-state index is 0.833. The molecule has 1 aliphatic rings. The number of hydrogen-bond acceptors (Lipinski definition) is 3. The van der Waals surface area contributed by atoms with Crippen LogP contribution in [0.4, 0.5) is 5.69 Å². The topological polar surface area (TPSA) is 18.5 Å². The van der Waals surface area contributed by atoms with Crippen molar-refractivity contribution < 1.29 is 0 Å². The maximum absolute atomic E-state index is 3.62. The molecule has 0 aromatic heterocycles. The van der Waals surface area contributed by atoms with Crippen LogP contribution in [0.3, 0.4) is 0 Å². The van der Waals surface area contributed by atoms with Gasteiger partial charge in [0.25, 0.3) is 0 Å². The molecule has 0 aliphatic carbocycles. The third kappa shape index (κ3) is 4.72. The van der Waals surface area contributed by atoms with Crippen LogP contribution in [0.15, 0.2) is 24.3 Å². The summed E-state index contributed by atoms with van der Waals surface area (Å²) in [6.45, 7) is 14.7. The molecule has 1 atom stereocenters. The van der Waals surface area contributed by atoms with Crippen molar-refractivity contribution in [3.8, 4) is 0 Å². The summed E-state index contributed by atoms with van der Waals surface area (Å²) in [6, 6.07) is 9.01. The first-order chi connectivity index (χ1) is 10.3. The van der Waals surface area contributed by atoms with E-state index in [0.717, 1.165) is 32.1 Å². The van der Waals surface area contributed by atoms with Gasteiger partial charge in [-0.1, -0.05) is 19.1 Å². The summed E-state index contributed by atoms with van der Waals surface area (Å²) in [6.07, 6.45) is 1.35. The maximum Gasteiger partial charge on any atom is 0.0366 e. The van der Waals surface area contributed by atoms with Gasteiger partial charge >= 0.3 is 0 Å². The van der Waals surface area contributed by atoms with Crippen LogP contribution in [0, 0.1) is 5.92 Å². The van der Waals surface area contributed by atoms with E-state index < -0.39 is 0 Å². The van der Waals surface area contributed by atoms with E-state index in [-0.39, 0.29) is 0 Å². The molecule has 1 saturated heterocycles. The molecule has 1 unspecified atom stereocenters. The molecule has 118 valence electrons. The Kier molecular flexibility index (Phi) is 6.52.